The summed E-state index contributed by atoms with van der Waals surface area (Å²) < 4.78 is 0. The average Bonchev–Trinajstić information content (AvgIpc) is 2.85. The number of hydrogen-bond donors (Lipinski definition) is 2. The minimum atomic E-state index is -1.11. The number of aromatic carboxylic acids is 1. The molecule has 0 saturated heterocycles. The molecule has 8 heteroatoms. The van der Waals surface area contributed by atoms with Crippen LogP contribution < -0.4 is 0 Å². The summed E-state index contributed by atoms with van der Waals surface area (Å²) in [5, 5.41) is 20.8. The number of rotatable bonds is 8. The van der Waals surface area contributed by atoms with Crippen molar-refractivity contribution in [3.63, 3.8) is 0 Å². The lowest BCUT2D eigenvalue weighted by Crippen LogP contribution is -2.40. The van der Waals surface area contributed by atoms with Crippen LogP contribution in [0.5, 0.6) is 0 Å². The van der Waals surface area contributed by atoms with Gasteiger partial charge in [0.25, 0.3) is 7.41 Å². The summed E-state index contributed by atoms with van der Waals surface area (Å²) in [6, 6.07) is -0.0348. The number of hydrogen-bond acceptors (Lipinski definition) is 6. The Hall–Kier alpha value is -1.25. The molecular weight excluding hydrogens is 279 g/mol. The first-order valence-corrected chi connectivity index (χ1v) is 7.12. The van der Waals surface area contributed by atoms with Crippen molar-refractivity contribution >= 4 is 30.9 Å². The van der Waals surface area contributed by atoms with E-state index in [1.165, 1.54) is 12.8 Å². The van der Waals surface area contributed by atoms with Crippen molar-refractivity contribution < 1.29 is 19.8 Å². The normalized spacial score (nSPS) is 14.3. The summed E-state index contributed by atoms with van der Waals surface area (Å²) in [6.45, 7) is 3.99. The van der Waals surface area contributed by atoms with E-state index in [-0.39, 0.29) is 17.7 Å². The molecule has 0 unspecified atom stereocenters. The van der Waals surface area contributed by atoms with Crippen LogP contribution in [-0.2, 0) is 4.79 Å². The molecule has 20 heavy (non-hydrogen) atoms. The van der Waals surface area contributed by atoms with Crippen LogP contribution in [0, 0.1) is 5.92 Å². The summed E-state index contributed by atoms with van der Waals surface area (Å²) in [4.78, 5) is 27.0. The second-order valence-corrected chi connectivity index (χ2v) is 5.78. The van der Waals surface area contributed by atoms with E-state index in [9.17, 15) is 14.7 Å². The SMILES string of the molecule is CC(C)[C@@H](C[C@@H](O)c1nc(C(=O)O)cs1)N(C)[B]C=O. The molecule has 0 fully saturated rings. The molecule has 0 bridgehead atoms. The molecule has 0 saturated carbocycles. The third-order valence-electron chi connectivity index (χ3n) is 3.08. The number of aromatic nitrogens is 1. The second-order valence-electron chi connectivity index (χ2n) is 4.89. The largest absolute Gasteiger partial charge is 0.476 e. The van der Waals surface area contributed by atoms with E-state index in [4.69, 9.17) is 5.11 Å². The molecule has 0 amide bonds. The number of aliphatic hydroxyl groups is 1. The van der Waals surface area contributed by atoms with E-state index in [1.807, 2.05) is 13.8 Å². The van der Waals surface area contributed by atoms with Gasteiger partial charge < -0.3 is 19.8 Å². The zero-order chi connectivity index (χ0) is 15.3. The van der Waals surface area contributed by atoms with Crippen molar-refractivity contribution in [1.29, 1.82) is 0 Å². The van der Waals surface area contributed by atoms with E-state index in [1.54, 1.807) is 11.9 Å². The molecule has 1 aromatic rings. The summed E-state index contributed by atoms with van der Waals surface area (Å²) in [5.74, 6) is -0.878. The topological polar surface area (TPSA) is 90.7 Å². The number of carboxylic acid groups (broad SMARTS) is 1. The van der Waals surface area contributed by atoms with Crippen LogP contribution in [0.3, 0.4) is 0 Å². The molecule has 0 aliphatic heterocycles. The molecule has 0 aliphatic carbocycles. The van der Waals surface area contributed by atoms with Crippen molar-refractivity contribution in [3.8, 4) is 0 Å². The van der Waals surface area contributed by atoms with Gasteiger partial charge >= 0.3 is 5.97 Å². The van der Waals surface area contributed by atoms with Gasteiger partial charge in [-0.1, -0.05) is 13.8 Å². The summed E-state index contributed by atoms with van der Waals surface area (Å²) in [7, 11) is 3.19. The van der Waals surface area contributed by atoms with Gasteiger partial charge in [0.05, 0.1) is 6.19 Å². The van der Waals surface area contributed by atoms with Crippen LogP contribution in [0.4, 0.5) is 0 Å². The van der Waals surface area contributed by atoms with E-state index in [0.29, 0.717) is 17.6 Å². The van der Waals surface area contributed by atoms with E-state index in [0.717, 1.165) is 11.3 Å². The van der Waals surface area contributed by atoms with Gasteiger partial charge in [-0.2, -0.15) is 0 Å². The number of carboxylic acids is 1. The zero-order valence-corrected chi connectivity index (χ0v) is 12.5. The van der Waals surface area contributed by atoms with E-state index in [2.05, 4.69) is 4.98 Å². The Balaban J connectivity index is 2.76. The zero-order valence-electron chi connectivity index (χ0n) is 11.7. The molecule has 109 valence electrons. The van der Waals surface area contributed by atoms with Crippen molar-refractivity contribution in [2.45, 2.75) is 32.4 Å². The van der Waals surface area contributed by atoms with Gasteiger partial charge in [-0.25, -0.2) is 9.78 Å². The summed E-state index contributed by atoms with van der Waals surface area (Å²) >= 11 is 1.12. The Kier molecular flexibility index (Phi) is 6.32. The van der Waals surface area contributed by atoms with Crippen molar-refractivity contribution in [2.24, 2.45) is 5.92 Å². The highest BCUT2D eigenvalue weighted by atomic mass is 32.1. The Labute approximate surface area is 122 Å². The highest BCUT2D eigenvalue weighted by Crippen LogP contribution is 2.26. The van der Waals surface area contributed by atoms with Crippen molar-refractivity contribution in [3.05, 3.63) is 16.1 Å². The number of aliphatic hydroxyl groups excluding tert-OH is 1. The number of nitrogens with zero attached hydrogens (tertiary/aromatic N) is 2. The van der Waals surface area contributed by atoms with Gasteiger partial charge in [0.15, 0.2) is 5.69 Å². The first-order valence-electron chi connectivity index (χ1n) is 6.24. The lowest BCUT2D eigenvalue weighted by atomic mass is 9.86. The van der Waals surface area contributed by atoms with Crippen LogP contribution in [0.15, 0.2) is 5.38 Å². The lowest BCUT2D eigenvalue weighted by molar-refractivity contribution is 0.0690. The number of thiazole rings is 1. The molecule has 0 aromatic carbocycles. The third kappa shape index (κ3) is 4.40. The molecule has 6 nitrogen and oxygen atoms in total. The van der Waals surface area contributed by atoms with Gasteiger partial charge in [-0.3, -0.25) is 0 Å². The van der Waals surface area contributed by atoms with Crippen molar-refractivity contribution in [1.82, 2.24) is 9.79 Å². The fraction of sp³-hybridized carbons (Fsp3) is 0.583. The number of carbonyl (C=O) groups excluding carboxylic acids is 1. The molecule has 1 rings (SSSR count). The molecule has 2 atom stereocenters. The van der Waals surface area contributed by atoms with Crippen LogP contribution >= 0.6 is 11.3 Å². The molecule has 2 N–H and O–H groups in total. The molecule has 0 spiro atoms. The fourth-order valence-electron chi connectivity index (χ4n) is 1.98. The van der Waals surface area contributed by atoms with Gasteiger partial charge in [-0.15, -0.1) is 11.3 Å². The highest BCUT2D eigenvalue weighted by molar-refractivity contribution is 7.09. The first kappa shape index (κ1) is 16.8. The molecule has 1 radical (unpaired) electrons. The summed E-state index contributed by atoms with van der Waals surface area (Å²) in [6.07, 6.45) is 0.238. The Morgan fingerprint density at radius 2 is 2.25 bits per heavy atom. The van der Waals surface area contributed by atoms with Crippen LogP contribution in [0.1, 0.15) is 41.9 Å². The average molecular weight is 297 g/mol. The summed E-state index contributed by atoms with van der Waals surface area (Å²) in [5.41, 5.74) is -0.0574. The molecule has 1 aromatic heterocycles. The fourth-order valence-corrected chi connectivity index (χ4v) is 2.77. The highest BCUT2D eigenvalue weighted by Gasteiger charge is 2.25. The Bertz CT molecular complexity index is 466. The minimum absolute atomic E-state index is 0.0348. The maximum absolute atomic E-state index is 10.8. The second kappa shape index (κ2) is 7.51. The first-order chi connectivity index (χ1) is 9.36. The molecule has 0 aliphatic rings. The van der Waals surface area contributed by atoms with Gasteiger partial charge in [-0.05, 0) is 19.4 Å². The standard InChI is InChI=1S/C12H18BN2O4S/c1-7(2)9(15(3)13-6-16)4-10(17)11-14-8(5-20-11)12(18)19/h5-7,9-10,17H,4H2,1-3H3,(H,18,19)/t9-,10-/m1/s1. The molecule has 1 heterocycles. The molecular formula is C12H18BN2O4S. The smallest absolute Gasteiger partial charge is 0.355 e. The quantitative estimate of drug-likeness (QED) is 0.550. The Morgan fingerprint density at radius 1 is 1.60 bits per heavy atom. The lowest BCUT2D eigenvalue weighted by Gasteiger charge is -2.31. The van der Waals surface area contributed by atoms with Gasteiger partial charge in [0, 0.05) is 11.4 Å². The van der Waals surface area contributed by atoms with Crippen molar-refractivity contribution in [2.75, 3.05) is 7.05 Å². The van der Waals surface area contributed by atoms with Gasteiger partial charge in [0.2, 0.25) is 0 Å². The van der Waals surface area contributed by atoms with Crippen LogP contribution in [0.25, 0.3) is 0 Å². The van der Waals surface area contributed by atoms with E-state index >= 15 is 0 Å². The third-order valence-corrected chi connectivity index (χ3v) is 4.03. The number of carbonyl (C=O) groups is 2. The predicted molar refractivity (Wildman–Crippen MR) is 77.5 cm³/mol. The Morgan fingerprint density at radius 3 is 2.70 bits per heavy atom. The maximum Gasteiger partial charge on any atom is 0.355 e. The van der Waals surface area contributed by atoms with Gasteiger partial charge in [0.1, 0.15) is 11.1 Å². The monoisotopic (exact) mass is 297 g/mol. The van der Waals surface area contributed by atoms with Crippen LogP contribution in [0.2, 0.25) is 0 Å². The van der Waals surface area contributed by atoms with Crippen LogP contribution in [-0.4, -0.2) is 52.7 Å². The van der Waals surface area contributed by atoms with E-state index < -0.39 is 12.1 Å². The minimum Gasteiger partial charge on any atom is -0.476 e. The maximum atomic E-state index is 10.8. The predicted octanol–water partition coefficient (Wildman–Crippen LogP) is 1.03.